The normalized spacial score (nSPS) is 10.9. The van der Waals surface area contributed by atoms with E-state index in [0.717, 1.165) is 0 Å². The van der Waals surface area contributed by atoms with Crippen LogP contribution in [0.4, 0.5) is 0 Å². The van der Waals surface area contributed by atoms with Crippen molar-refractivity contribution in [2.45, 2.75) is 73.1 Å². The summed E-state index contributed by atoms with van der Waals surface area (Å²) < 4.78 is 0. The van der Waals surface area contributed by atoms with Crippen LogP contribution in [0.15, 0.2) is 84.9 Å². The molecule has 0 spiro atoms. The first-order valence-corrected chi connectivity index (χ1v) is 15.2. The first-order chi connectivity index (χ1) is 16.6. The van der Waals surface area contributed by atoms with E-state index in [2.05, 4.69) is 140 Å². The van der Waals surface area contributed by atoms with Crippen molar-refractivity contribution < 1.29 is 58.9 Å². The topological polar surface area (TPSA) is 0 Å². The van der Waals surface area contributed by atoms with E-state index in [-0.39, 0.29) is 58.9 Å². The van der Waals surface area contributed by atoms with Crippen LogP contribution in [0.5, 0.6) is 0 Å². The fourth-order valence-electron chi connectivity index (χ4n) is 5.57. The van der Waals surface area contributed by atoms with E-state index in [9.17, 15) is 0 Å². The third-order valence-corrected chi connectivity index (χ3v) is 12.5. The molecule has 206 valence electrons. The van der Waals surface area contributed by atoms with Crippen LogP contribution in [0.1, 0.15) is 87.1 Å². The Morgan fingerprint density at radius 2 is 0.872 bits per heavy atom. The van der Waals surface area contributed by atoms with E-state index < -0.39 is 8.07 Å². The molecule has 0 aliphatic carbocycles. The van der Waals surface area contributed by atoms with Crippen molar-refractivity contribution in [3.05, 3.63) is 113 Å². The molecule has 0 saturated heterocycles. The van der Waals surface area contributed by atoms with E-state index >= 15 is 0 Å². The van der Waals surface area contributed by atoms with Crippen molar-refractivity contribution in [2.24, 2.45) is 0 Å². The van der Waals surface area contributed by atoms with Gasteiger partial charge in [-0.3, -0.25) is 0 Å². The van der Waals surface area contributed by atoms with Crippen LogP contribution >= 0.6 is 0 Å². The molecule has 0 aliphatic heterocycles. The van der Waals surface area contributed by atoms with Gasteiger partial charge in [-0.1, -0.05) is 144 Å². The van der Waals surface area contributed by atoms with Crippen molar-refractivity contribution in [1.82, 2.24) is 0 Å². The molecule has 0 saturated carbocycles. The summed E-state index contributed by atoms with van der Waals surface area (Å²) in [4.78, 5) is 0. The first-order valence-electron chi connectivity index (χ1n) is 13.2. The van der Waals surface area contributed by atoms with Crippen LogP contribution in [-0.4, -0.2) is 8.07 Å². The van der Waals surface area contributed by atoms with Crippen molar-refractivity contribution >= 4 is 28.8 Å². The SMILES string of the molecule is Cc1cc(C)[c-]([Si](c2cccc(C(C)C)c2)(c2cccc(C(C)C)c2)c2cccc(C(C)C)c2)c1.[Cl-].[Cl-].[Cl-].[Ti+4]. The smallest absolute Gasteiger partial charge is 1.00 e. The van der Waals surface area contributed by atoms with Gasteiger partial charge in [0.15, 0.2) is 0 Å². The number of hydrogen-bond acceptors (Lipinski definition) is 0. The molecule has 0 nitrogen and oxygen atoms in total. The summed E-state index contributed by atoms with van der Waals surface area (Å²) in [6.07, 6.45) is 0. The second-order valence-electron chi connectivity index (χ2n) is 11.2. The maximum absolute atomic E-state index is 2.56. The predicted octanol–water partition coefficient (Wildman–Crippen LogP) is -2.22. The molecule has 0 unspecified atom stereocenters. The zero-order chi connectivity index (χ0) is 25.3. The Balaban J connectivity index is 0.00000361. The molecule has 0 atom stereocenters. The largest absolute Gasteiger partial charge is 4.00 e. The summed E-state index contributed by atoms with van der Waals surface area (Å²) in [5.41, 5.74) is 7.02. The van der Waals surface area contributed by atoms with Crippen LogP contribution in [0.25, 0.3) is 0 Å². The third kappa shape index (κ3) is 7.56. The van der Waals surface area contributed by atoms with Gasteiger partial charge in [0.1, 0.15) is 8.07 Å². The van der Waals surface area contributed by atoms with Crippen LogP contribution in [0, 0.1) is 13.8 Å². The number of rotatable bonds is 7. The summed E-state index contributed by atoms with van der Waals surface area (Å²) in [6, 6.07) is 33.4. The van der Waals surface area contributed by atoms with Crippen LogP contribution in [-0.2, 0) is 21.7 Å². The molecule has 0 fully saturated rings. The molecular weight excluding hydrogens is 591 g/mol. The number of benzene rings is 3. The average Bonchev–Trinajstić information content (AvgIpc) is 3.18. The Labute approximate surface area is 271 Å². The van der Waals surface area contributed by atoms with Crippen LogP contribution in [0.3, 0.4) is 0 Å². The van der Waals surface area contributed by atoms with Crippen LogP contribution in [0.2, 0.25) is 0 Å². The van der Waals surface area contributed by atoms with Gasteiger partial charge in [0.2, 0.25) is 0 Å². The molecule has 0 aromatic heterocycles. The Morgan fingerprint density at radius 3 is 1.13 bits per heavy atom. The quantitative estimate of drug-likeness (QED) is 0.123. The van der Waals surface area contributed by atoms with Gasteiger partial charge in [0.05, 0.1) is 0 Å². The minimum absolute atomic E-state index is 0. The van der Waals surface area contributed by atoms with Gasteiger partial charge in [0, 0.05) is 0 Å². The maximum Gasteiger partial charge on any atom is 4.00 e. The van der Waals surface area contributed by atoms with Gasteiger partial charge in [-0.25, -0.2) is 11.6 Å². The predicted molar refractivity (Wildman–Crippen MR) is 157 cm³/mol. The fraction of sp³-hybridized carbons (Fsp3) is 0.324. The Kier molecular flexibility index (Phi) is 15.2. The van der Waals surface area contributed by atoms with E-state index in [1.165, 1.54) is 48.6 Å². The Bertz CT molecular complexity index is 1200. The van der Waals surface area contributed by atoms with E-state index in [4.69, 9.17) is 0 Å². The van der Waals surface area contributed by atoms with Crippen molar-refractivity contribution in [1.29, 1.82) is 0 Å². The van der Waals surface area contributed by atoms with E-state index in [0.29, 0.717) is 17.8 Å². The summed E-state index contributed by atoms with van der Waals surface area (Å²) >= 11 is 0. The second kappa shape index (κ2) is 15.7. The minimum atomic E-state index is -2.56. The zero-order valence-electron chi connectivity index (χ0n) is 24.4. The molecule has 4 rings (SSSR count). The molecule has 0 radical (unpaired) electrons. The molecule has 5 heteroatoms. The molecule has 0 N–H and O–H groups in total. The van der Waals surface area contributed by atoms with Gasteiger partial charge in [-0.05, 0) is 34.4 Å². The van der Waals surface area contributed by atoms with Gasteiger partial charge < -0.3 is 37.2 Å². The molecule has 4 aromatic rings. The van der Waals surface area contributed by atoms with Crippen molar-refractivity contribution in [3.8, 4) is 0 Å². The van der Waals surface area contributed by atoms with Gasteiger partial charge in [0.25, 0.3) is 0 Å². The number of aryl methyl sites for hydroxylation is 2. The first kappa shape index (κ1) is 37.8. The van der Waals surface area contributed by atoms with Crippen molar-refractivity contribution in [2.75, 3.05) is 0 Å². The van der Waals surface area contributed by atoms with Gasteiger partial charge >= 0.3 is 21.7 Å². The van der Waals surface area contributed by atoms with E-state index in [1.54, 1.807) is 0 Å². The number of halogens is 3. The fourth-order valence-corrected chi connectivity index (χ4v) is 10.8. The summed E-state index contributed by atoms with van der Waals surface area (Å²) in [5, 5.41) is 5.98. The van der Waals surface area contributed by atoms with Crippen LogP contribution < -0.4 is 58.0 Å². The Morgan fingerprint density at radius 1 is 0.538 bits per heavy atom. The molecule has 4 aromatic carbocycles. The standard InChI is InChI=1S/C34H41Si.3ClH.Ti/c1-23(2)28-12-9-15-31(20-28)35(34-19-26(7)18-27(34)8,32-16-10-13-29(21-32)24(3)4)33-17-11-14-30(22-33)25(5)6;;;;/h9-25H,1-8H3;3*1H;/q-1;;;;+4/p-3. The summed E-state index contributed by atoms with van der Waals surface area (Å²) in [7, 11) is -2.56. The van der Waals surface area contributed by atoms with Gasteiger partial charge in [-0.15, -0.1) is 5.19 Å². The molecule has 0 amide bonds. The number of hydrogen-bond donors (Lipinski definition) is 0. The van der Waals surface area contributed by atoms with Crippen molar-refractivity contribution in [3.63, 3.8) is 0 Å². The molecule has 0 aliphatic rings. The average molecular weight is 632 g/mol. The second-order valence-corrected chi connectivity index (χ2v) is 15.0. The van der Waals surface area contributed by atoms with Gasteiger partial charge in [-0.2, -0.15) is 11.6 Å². The molecule has 39 heavy (non-hydrogen) atoms. The third-order valence-electron chi connectivity index (χ3n) is 7.60. The molecule has 0 bridgehead atoms. The molecule has 0 heterocycles. The maximum atomic E-state index is 2.52. The summed E-state index contributed by atoms with van der Waals surface area (Å²) in [6.45, 7) is 18.4. The zero-order valence-corrected chi connectivity index (χ0v) is 29.3. The van der Waals surface area contributed by atoms with E-state index in [1.807, 2.05) is 0 Å². The Hall–Kier alpha value is -1.19. The summed E-state index contributed by atoms with van der Waals surface area (Å²) in [5.74, 6) is 1.48. The molecular formula is C34H41Cl3SiTi. The minimum Gasteiger partial charge on any atom is -1.00 e. The monoisotopic (exact) mass is 630 g/mol.